The molecule has 1 fully saturated rings. The molecule has 1 aliphatic rings. The lowest BCUT2D eigenvalue weighted by atomic mass is 10.1. The van der Waals surface area contributed by atoms with E-state index in [1.165, 1.54) is 12.4 Å². The van der Waals surface area contributed by atoms with Crippen LogP contribution in [0.25, 0.3) is 0 Å². The standard InChI is InChI=1S/C10H12N2O2/c13-10(6-8-2-1-5-14-8)9-7-11-3-4-12-9/h3-4,7-8H,1-2,5-6H2. The summed E-state index contributed by atoms with van der Waals surface area (Å²) in [6.45, 7) is 0.776. The fourth-order valence-corrected chi connectivity index (χ4v) is 1.56. The number of hydrogen-bond acceptors (Lipinski definition) is 4. The zero-order valence-electron chi connectivity index (χ0n) is 7.85. The van der Waals surface area contributed by atoms with Crippen LogP contribution in [0.5, 0.6) is 0 Å². The number of rotatable bonds is 3. The van der Waals surface area contributed by atoms with Crippen molar-refractivity contribution in [1.29, 1.82) is 0 Å². The maximum Gasteiger partial charge on any atom is 0.185 e. The second-order valence-electron chi connectivity index (χ2n) is 3.35. The van der Waals surface area contributed by atoms with E-state index < -0.39 is 0 Å². The lowest BCUT2D eigenvalue weighted by Crippen LogP contribution is -2.13. The minimum atomic E-state index is 0.0185. The second kappa shape index (κ2) is 4.28. The lowest BCUT2D eigenvalue weighted by Gasteiger charge is -2.06. The van der Waals surface area contributed by atoms with Gasteiger partial charge in [-0.05, 0) is 12.8 Å². The molecule has 0 spiro atoms. The van der Waals surface area contributed by atoms with Crippen LogP contribution in [-0.4, -0.2) is 28.5 Å². The van der Waals surface area contributed by atoms with Crippen molar-refractivity contribution in [1.82, 2.24) is 9.97 Å². The largest absolute Gasteiger partial charge is 0.378 e. The summed E-state index contributed by atoms with van der Waals surface area (Å²) in [5.41, 5.74) is 0.433. The van der Waals surface area contributed by atoms with Crippen molar-refractivity contribution in [3.63, 3.8) is 0 Å². The minimum absolute atomic E-state index is 0.0185. The smallest absolute Gasteiger partial charge is 0.185 e. The van der Waals surface area contributed by atoms with Crippen LogP contribution >= 0.6 is 0 Å². The molecule has 14 heavy (non-hydrogen) atoms. The average molecular weight is 192 g/mol. The van der Waals surface area contributed by atoms with Crippen LogP contribution in [-0.2, 0) is 4.74 Å². The molecule has 1 unspecified atom stereocenters. The highest BCUT2D eigenvalue weighted by Crippen LogP contribution is 2.16. The van der Waals surface area contributed by atoms with Crippen molar-refractivity contribution >= 4 is 5.78 Å². The first kappa shape index (κ1) is 9.27. The average Bonchev–Trinajstić information content (AvgIpc) is 2.72. The normalized spacial score (nSPS) is 21.0. The summed E-state index contributed by atoms with van der Waals surface area (Å²) in [5.74, 6) is 0.0185. The van der Waals surface area contributed by atoms with Gasteiger partial charge < -0.3 is 4.74 Å². The van der Waals surface area contributed by atoms with E-state index in [0.29, 0.717) is 12.1 Å². The fraction of sp³-hybridized carbons (Fsp3) is 0.500. The predicted octanol–water partition coefficient (Wildman–Crippen LogP) is 1.23. The zero-order chi connectivity index (χ0) is 9.80. The Balaban J connectivity index is 1.95. The van der Waals surface area contributed by atoms with Gasteiger partial charge in [-0.2, -0.15) is 0 Å². The summed E-state index contributed by atoms with van der Waals surface area (Å²) in [4.78, 5) is 19.4. The van der Waals surface area contributed by atoms with Gasteiger partial charge in [-0.25, -0.2) is 4.98 Å². The van der Waals surface area contributed by atoms with Gasteiger partial charge in [0, 0.05) is 25.4 Å². The first-order valence-electron chi connectivity index (χ1n) is 4.77. The quantitative estimate of drug-likeness (QED) is 0.676. The van der Waals surface area contributed by atoms with E-state index in [2.05, 4.69) is 9.97 Å². The van der Waals surface area contributed by atoms with Gasteiger partial charge >= 0.3 is 0 Å². The Bertz CT molecular complexity index is 307. The molecule has 1 atom stereocenters. The highest BCUT2D eigenvalue weighted by molar-refractivity contribution is 5.94. The molecule has 0 aliphatic carbocycles. The third-order valence-corrected chi connectivity index (χ3v) is 2.29. The van der Waals surface area contributed by atoms with Crippen LogP contribution in [0.3, 0.4) is 0 Å². The number of ketones is 1. The summed E-state index contributed by atoms with van der Waals surface area (Å²) in [7, 11) is 0. The van der Waals surface area contributed by atoms with Gasteiger partial charge in [-0.1, -0.05) is 0 Å². The second-order valence-corrected chi connectivity index (χ2v) is 3.35. The molecule has 0 saturated carbocycles. The van der Waals surface area contributed by atoms with E-state index in [9.17, 15) is 4.79 Å². The maximum atomic E-state index is 11.6. The molecule has 1 aromatic rings. The number of aromatic nitrogens is 2. The van der Waals surface area contributed by atoms with Crippen LogP contribution in [0.4, 0.5) is 0 Å². The molecule has 4 heteroatoms. The first-order valence-corrected chi connectivity index (χ1v) is 4.77. The van der Waals surface area contributed by atoms with Crippen molar-refractivity contribution in [3.05, 3.63) is 24.3 Å². The van der Waals surface area contributed by atoms with Crippen molar-refractivity contribution in [2.24, 2.45) is 0 Å². The van der Waals surface area contributed by atoms with Gasteiger partial charge in [0.15, 0.2) is 5.78 Å². The molecule has 1 aliphatic heterocycles. The molecule has 2 rings (SSSR count). The Labute approximate surface area is 82.3 Å². The first-order chi connectivity index (χ1) is 6.86. The molecular formula is C10H12N2O2. The van der Waals surface area contributed by atoms with Crippen molar-refractivity contribution in [2.45, 2.75) is 25.4 Å². The molecule has 0 N–H and O–H groups in total. The number of hydrogen-bond donors (Lipinski definition) is 0. The molecule has 2 heterocycles. The molecule has 4 nitrogen and oxygen atoms in total. The zero-order valence-corrected chi connectivity index (χ0v) is 7.85. The van der Waals surface area contributed by atoms with E-state index in [1.807, 2.05) is 0 Å². The lowest BCUT2D eigenvalue weighted by molar-refractivity contribution is 0.0771. The molecule has 1 aromatic heterocycles. The third kappa shape index (κ3) is 2.14. The molecule has 0 aromatic carbocycles. The van der Waals surface area contributed by atoms with Crippen molar-refractivity contribution < 1.29 is 9.53 Å². The summed E-state index contributed by atoms with van der Waals surface area (Å²) in [5, 5.41) is 0. The predicted molar refractivity (Wildman–Crippen MR) is 50.0 cm³/mol. The van der Waals surface area contributed by atoms with Gasteiger partial charge in [-0.3, -0.25) is 9.78 Å². The van der Waals surface area contributed by atoms with E-state index in [4.69, 9.17) is 4.74 Å². The van der Waals surface area contributed by atoms with Crippen LogP contribution in [0, 0.1) is 0 Å². The topological polar surface area (TPSA) is 52.1 Å². The van der Waals surface area contributed by atoms with Gasteiger partial charge in [0.2, 0.25) is 0 Å². The number of carbonyl (C=O) groups is 1. The van der Waals surface area contributed by atoms with Gasteiger partial charge in [-0.15, -0.1) is 0 Å². The molecule has 0 amide bonds. The van der Waals surface area contributed by atoms with Crippen LogP contribution in [0.15, 0.2) is 18.6 Å². The summed E-state index contributed by atoms with van der Waals surface area (Å²) >= 11 is 0. The monoisotopic (exact) mass is 192 g/mol. The van der Waals surface area contributed by atoms with Gasteiger partial charge in [0.05, 0.1) is 12.3 Å². The van der Waals surface area contributed by atoms with E-state index in [-0.39, 0.29) is 11.9 Å². The molecule has 0 bridgehead atoms. The van der Waals surface area contributed by atoms with Crippen LogP contribution in [0.2, 0.25) is 0 Å². The minimum Gasteiger partial charge on any atom is -0.378 e. The number of ether oxygens (including phenoxy) is 1. The van der Waals surface area contributed by atoms with E-state index in [1.54, 1.807) is 6.20 Å². The van der Waals surface area contributed by atoms with Crippen LogP contribution < -0.4 is 0 Å². The Kier molecular flexibility index (Phi) is 2.84. The fourth-order valence-electron chi connectivity index (χ4n) is 1.56. The molecular weight excluding hydrogens is 180 g/mol. The van der Waals surface area contributed by atoms with Crippen molar-refractivity contribution in [3.8, 4) is 0 Å². The van der Waals surface area contributed by atoms with E-state index in [0.717, 1.165) is 19.4 Å². The highest BCUT2D eigenvalue weighted by Gasteiger charge is 2.20. The summed E-state index contributed by atoms with van der Waals surface area (Å²) in [6.07, 6.45) is 7.14. The maximum absolute atomic E-state index is 11.6. The van der Waals surface area contributed by atoms with Crippen LogP contribution in [0.1, 0.15) is 29.8 Å². The van der Waals surface area contributed by atoms with Crippen molar-refractivity contribution in [2.75, 3.05) is 6.61 Å². The number of nitrogens with zero attached hydrogens (tertiary/aromatic N) is 2. The Morgan fingerprint density at radius 2 is 2.50 bits per heavy atom. The number of carbonyl (C=O) groups excluding carboxylic acids is 1. The molecule has 74 valence electrons. The van der Waals surface area contributed by atoms with Gasteiger partial charge in [0.25, 0.3) is 0 Å². The van der Waals surface area contributed by atoms with Gasteiger partial charge in [0.1, 0.15) is 5.69 Å². The molecule has 1 saturated heterocycles. The number of Topliss-reactive ketones (excluding diaryl/α,β-unsaturated/α-hetero) is 1. The SMILES string of the molecule is O=C(CC1CCCO1)c1cnccn1. The summed E-state index contributed by atoms with van der Waals surface area (Å²) < 4.78 is 5.38. The Hall–Kier alpha value is -1.29. The highest BCUT2D eigenvalue weighted by atomic mass is 16.5. The third-order valence-electron chi connectivity index (χ3n) is 2.29. The summed E-state index contributed by atoms with van der Waals surface area (Å²) in [6, 6.07) is 0. The Morgan fingerprint density at radius 3 is 3.14 bits per heavy atom. The molecule has 0 radical (unpaired) electrons. The van der Waals surface area contributed by atoms with E-state index >= 15 is 0 Å². The Morgan fingerprint density at radius 1 is 1.57 bits per heavy atom.